The second kappa shape index (κ2) is 5.98. The van der Waals surface area contributed by atoms with Gasteiger partial charge in [0.05, 0.1) is 6.61 Å². The van der Waals surface area contributed by atoms with E-state index in [4.69, 9.17) is 4.74 Å². The molecule has 1 N–H and O–H groups in total. The zero-order valence-corrected chi connectivity index (χ0v) is 10.2. The Labute approximate surface area is 100 Å². The maximum absolute atomic E-state index is 11.6. The molecule has 17 heavy (non-hydrogen) atoms. The van der Waals surface area contributed by atoms with Crippen LogP contribution in [0, 0.1) is 5.92 Å². The highest BCUT2D eigenvalue weighted by atomic mass is 16.5. The number of pyridine rings is 1. The first-order valence-electron chi connectivity index (χ1n) is 5.49. The summed E-state index contributed by atoms with van der Waals surface area (Å²) in [5, 5.41) is 2.60. The van der Waals surface area contributed by atoms with Gasteiger partial charge in [0, 0.05) is 12.1 Å². The Hall–Kier alpha value is -1.91. The molecule has 1 aromatic heterocycles. The average Bonchev–Trinajstić information content (AvgIpc) is 2.29. The fraction of sp³-hybridized carbons (Fsp3) is 0.417. The van der Waals surface area contributed by atoms with Gasteiger partial charge in [0.25, 0.3) is 0 Å². The van der Waals surface area contributed by atoms with Crippen molar-refractivity contribution in [2.24, 2.45) is 5.92 Å². The largest absolute Gasteiger partial charge is 0.462 e. The van der Waals surface area contributed by atoms with Gasteiger partial charge in [-0.1, -0.05) is 13.8 Å². The summed E-state index contributed by atoms with van der Waals surface area (Å²) in [6.45, 7) is 5.54. The molecule has 0 saturated carbocycles. The summed E-state index contributed by atoms with van der Waals surface area (Å²) in [6.07, 6.45) is 1.51. The summed E-state index contributed by atoms with van der Waals surface area (Å²) >= 11 is 0. The van der Waals surface area contributed by atoms with Crippen molar-refractivity contribution in [3.8, 4) is 0 Å². The number of nitrogens with one attached hydrogen (secondary N) is 1. The van der Waals surface area contributed by atoms with Crippen LogP contribution in [-0.2, 0) is 9.53 Å². The van der Waals surface area contributed by atoms with Gasteiger partial charge < -0.3 is 10.1 Å². The summed E-state index contributed by atoms with van der Waals surface area (Å²) in [7, 11) is 0. The number of ether oxygens (including phenoxy) is 1. The molecule has 0 atom stereocenters. The standard InChI is InChI=1S/C12H16N2O3/c1-4-17-12(16)9-6-5-7-13-10(9)14-11(15)8(2)3/h5-8H,4H2,1-3H3,(H,13,14,15). The smallest absolute Gasteiger partial charge is 0.341 e. The molecule has 0 radical (unpaired) electrons. The van der Waals surface area contributed by atoms with Gasteiger partial charge in [-0.25, -0.2) is 9.78 Å². The molecule has 1 heterocycles. The van der Waals surface area contributed by atoms with Gasteiger partial charge in [-0.05, 0) is 19.1 Å². The quantitative estimate of drug-likeness (QED) is 0.810. The van der Waals surface area contributed by atoms with Crippen LogP contribution in [-0.4, -0.2) is 23.5 Å². The molecule has 5 nitrogen and oxygen atoms in total. The highest BCUT2D eigenvalue weighted by Gasteiger charge is 2.16. The van der Waals surface area contributed by atoms with Crippen LogP contribution in [0.3, 0.4) is 0 Å². The van der Waals surface area contributed by atoms with E-state index in [2.05, 4.69) is 10.3 Å². The monoisotopic (exact) mass is 236 g/mol. The number of hydrogen-bond acceptors (Lipinski definition) is 4. The topological polar surface area (TPSA) is 68.3 Å². The van der Waals surface area contributed by atoms with Crippen molar-refractivity contribution in [3.63, 3.8) is 0 Å². The van der Waals surface area contributed by atoms with E-state index in [0.717, 1.165) is 0 Å². The molecule has 0 aliphatic rings. The summed E-state index contributed by atoms with van der Waals surface area (Å²) < 4.78 is 4.88. The zero-order valence-electron chi connectivity index (χ0n) is 10.2. The normalized spacial score (nSPS) is 10.1. The highest BCUT2D eigenvalue weighted by Crippen LogP contribution is 2.13. The number of nitrogens with zero attached hydrogens (tertiary/aromatic N) is 1. The number of rotatable bonds is 4. The van der Waals surface area contributed by atoms with E-state index in [1.165, 1.54) is 6.20 Å². The highest BCUT2D eigenvalue weighted by molar-refractivity contribution is 6.00. The number of hydrogen-bond donors (Lipinski definition) is 1. The van der Waals surface area contributed by atoms with Crippen LogP contribution < -0.4 is 5.32 Å². The number of esters is 1. The second-order valence-corrected chi connectivity index (χ2v) is 3.76. The molecule has 0 aromatic carbocycles. The predicted octanol–water partition coefficient (Wildman–Crippen LogP) is 1.85. The van der Waals surface area contributed by atoms with Gasteiger partial charge in [-0.2, -0.15) is 0 Å². The number of amides is 1. The van der Waals surface area contributed by atoms with Gasteiger partial charge >= 0.3 is 5.97 Å². The van der Waals surface area contributed by atoms with Gasteiger partial charge in [0.1, 0.15) is 11.4 Å². The Kier molecular flexibility index (Phi) is 4.63. The Morgan fingerprint density at radius 1 is 1.47 bits per heavy atom. The van der Waals surface area contributed by atoms with E-state index < -0.39 is 5.97 Å². The molecule has 5 heteroatoms. The molecule has 0 spiro atoms. The summed E-state index contributed by atoms with van der Waals surface area (Å²) in [6, 6.07) is 3.19. The Morgan fingerprint density at radius 2 is 2.18 bits per heavy atom. The third kappa shape index (κ3) is 3.55. The number of carbonyl (C=O) groups excluding carboxylic acids is 2. The molecule has 0 unspecified atom stereocenters. The number of anilines is 1. The van der Waals surface area contributed by atoms with Crippen LogP contribution in [0.4, 0.5) is 5.82 Å². The summed E-state index contributed by atoms with van der Waals surface area (Å²) in [5.74, 6) is -0.606. The maximum Gasteiger partial charge on any atom is 0.341 e. The lowest BCUT2D eigenvalue weighted by Gasteiger charge is -2.10. The van der Waals surface area contributed by atoms with Crippen LogP contribution in [0.2, 0.25) is 0 Å². The molecule has 92 valence electrons. The lowest BCUT2D eigenvalue weighted by molar-refractivity contribution is -0.118. The van der Waals surface area contributed by atoms with Crippen LogP contribution in [0.1, 0.15) is 31.1 Å². The average molecular weight is 236 g/mol. The molecule has 1 aromatic rings. The van der Waals surface area contributed by atoms with Gasteiger partial charge in [0.15, 0.2) is 0 Å². The molecule has 0 aliphatic heterocycles. The van der Waals surface area contributed by atoms with Crippen LogP contribution in [0.5, 0.6) is 0 Å². The van der Waals surface area contributed by atoms with E-state index >= 15 is 0 Å². The second-order valence-electron chi connectivity index (χ2n) is 3.76. The van der Waals surface area contributed by atoms with Crippen LogP contribution >= 0.6 is 0 Å². The van der Waals surface area contributed by atoms with Crippen LogP contribution in [0.15, 0.2) is 18.3 Å². The van der Waals surface area contributed by atoms with Crippen molar-refractivity contribution in [3.05, 3.63) is 23.9 Å². The molecular formula is C12H16N2O3. The first-order chi connectivity index (χ1) is 8.06. The number of aromatic nitrogens is 1. The molecule has 1 amide bonds. The minimum atomic E-state index is -0.486. The van der Waals surface area contributed by atoms with Crippen molar-refractivity contribution in [1.82, 2.24) is 4.98 Å². The van der Waals surface area contributed by atoms with Crippen molar-refractivity contribution >= 4 is 17.7 Å². The zero-order chi connectivity index (χ0) is 12.8. The molecular weight excluding hydrogens is 220 g/mol. The molecule has 0 saturated heterocycles. The Morgan fingerprint density at radius 3 is 2.76 bits per heavy atom. The molecule has 0 bridgehead atoms. The van der Waals surface area contributed by atoms with Crippen molar-refractivity contribution < 1.29 is 14.3 Å². The van der Waals surface area contributed by atoms with Crippen molar-refractivity contribution in [2.45, 2.75) is 20.8 Å². The fourth-order valence-corrected chi connectivity index (χ4v) is 1.14. The summed E-state index contributed by atoms with van der Waals surface area (Å²) in [4.78, 5) is 27.1. The first kappa shape index (κ1) is 13.2. The predicted molar refractivity (Wildman–Crippen MR) is 63.7 cm³/mol. The van der Waals surface area contributed by atoms with Gasteiger partial charge in [0.2, 0.25) is 5.91 Å². The van der Waals surface area contributed by atoms with Crippen LogP contribution in [0.25, 0.3) is 0 Å². The van der Waals surface area contributed by atoms with Gasteiger partial charge in [-0.15, -0.1) is 0 Å². The Balaban J connectivity index is 2.92. The molecule has 0 fully saturated rings. The molecule has 0 aliphatic carbocycles. The minimum Gasteiger partial charge on any atom is -0.462 e. The lowest BCUT2D eigenvalue weighted by Crippen LogP contribution is -2.21. The lowest BCUT2D eigenvalue weighted by atomic mass is 10.2. The van der Waals surface area contributed by atoms with E-state index in [0.29, 0.717) is 0 Å². The van der Waals surface area contributed by atoms with Crippen molar-refractivity contribution in [1.29, 1.82) is 0 Å². The SMILES string of the molecule is CCOC(=O)c1cccnc1NC(=O)C(C)C. The Bertz CT molecular complexity index is 416. The maximum atomic E-state index is 11.6. The van der Waals surface area contributed by atoms with E-state index in [1.54, 1.807) is 32.9 Å². The summed E-state index contributed by atoms with van der Waals surface area (Å²) in [5.41, 5.74) is 0.267. The first-order valence-corrected chi connectivity index (χ1v) is 5.49. The van der Waals surface area contributed by atoms with E-state index in [-0.39, 0.29) is 29.8 Å². The fourth-order valence-electron chi connectivity index (χ4n) is 1.14. The van der Waals surface area contributed by atoms with Gasteiger partial charge in [-0.3, -0.25) is 4.79 Å². The van der Waals surface area contributed by atoms with E-state index in [9.17, 15) is 9.59 Å². The third-order valence-electron chi connectivity index (χ3n) is 2.07. The van der Waals surface area contributed by atoms with E-state index in [1.807, 2.05) is 0 Å². The molecule has 1 rings (SSSR count). The number of carbonyl (C=O) groups is 2. The van der Waals surface area contributed by atoms with Crippen molar-refractivity contribution in [2.75, 3.05) is 11.9 Å². The third-order valence-corrected chi connectivity index (χ3v) is 2.07. The minimum absolute atomic E-state index is 0.174.